The summed E-state index contributed by atoms with van der Waals surface area (Å²) in [5.74, 6) is -0.906. The standard InChI is InChI=1S/C21H25Cl2N3O4S/c1-14-6-5-7-16(8-14)12-25(15(2)21(28)24-3)20(27)13-26(31(4,29)30)19-10-17(22)9-18(23)11-19/h5-11,15H,12-13H2,1-4H3,(H,24,28)/t15-/m0/s1. The van der Waals surface area contributed by atoms with Crippen molar-refractivity contribution in [2.75, 3.05) is 24.2 Å². The van der Waals surface area contributed by atoms with Crippen LogP contribution in [0.5, 0.6) is 0 Å². The molecule has 0 bridgehead atoms. The first-order valence-electron chi connectivity index (χ1n) is 9.42. The van der Waals surface area contributed by atoms with E-state index in [0.717, 1.165) is 21.7 Å². The monoisotopic (exact) mass is 485 g/mol. The summed E-state index contributed by atoms with van der Waals surface area (Å²) >= 11 is 12.0. The molecule has 0 fully saturated rings. The number of rotatable bonds is 8. The van der Waals surface area contributed by atoms with Gasteiger partial charge in [-0.15, -0.1) is 0 Å². The molecule has 0 spiro atoms. The average molecular weight is 486 g/mol. The van der Waals surface area contributed by atoms with Gasteiger partial charge in [-0.25, -0.2) is 8.42 Å². The number of likely N-dealkylation sites (N-methyl/N-ethyl adjacent to an activating group) is 1. The minimum atomic E-state index is -3.84. The summed E-state index contributed by atoms with van der Waals surface area (Å²) in [4.78, 5) is 26.9. The molecule has 0 aliphatic carbocycles. The molecule has 168 valence electrons. The summed E-state index contributed by atoms with van der Waals surface area (Å²) in [6, 6.07) is 11.0. The Bertz CT molecular complexity index is 1060. The normalized spacial score (nSPS) is 12.2. The van der Waals surface area contributed by atoms with Crippen LogP contribution in [0.3, 0.4) is 0 Å². The van der Waals surface area contributed by atoms with Crippen LogP contribution in [0.2, 0.25) is 10.0 Å². The number of hydrogen-bond donors (Lipinski definition) is 1. The number of carbonyl (C=O) groups is 2. The molecule has 0 saturated carbocycles. The van der Waals surface area contributed by atoms with E-state index in [1.54, 1.807) is 6.92 Å². The zero-order valence-electron chi connectivity index (χ0n) is 17.7. The fourth-order valence-corrected chi connectivity index (χ4v) is 4.44. The molecule has 0 saturated heterocycles. The molecule has 0 heterocycles. The second kappa shape index (κ2) is 10.3. The number of hydrogen-bond acceptors (Lipinski definition) is 4. The smallest absolute Gasteiger partial charge is 0.244 e. The van der Waals surface area contributed by atoms with Gasteiger partial charge in [0.05, 0.1) is 11.9 Å². The first-order chi connectivity index (χ1) is 14.4. The SMILES string of the molecule is CNC(=O)[C@H](C)N(Cc1cccc(C)c1)C(=O)CN(c1cc(Cl)cc(Cl)c1)S(C)(=O)=O. The third kappa shape index (κ3) is 6.85. The Hall–Kier alpha value is -2.29. The second-order valence-corrected chi connectivity index (χ2v) is 9.98. The van der Waals surface area contributed by atoms with E-state index in [-0.39, 0.29) is 28.2 Å². The van der Waals surface area contributed by atoms with Crippen molar-refractivity contribution in [3.63, 3.8) is 0 Å². The first kappa shape index (κ1) is 25.0. The Labute approximate surface area is 193 Å². The van der Waals surface area contributed by atoms with Gasteiger partial charge < -0.3 is 10.2 Å². The van der Waals surface area contributed by atoms with Gasteiger partial charge in [-0.2, -0.15) is 0 Å². The minimum absolute atomic E-state index is 0.142. The quantitative estimate of drug-likeness (QED) is 0.621. The van der Waals surface area contributed by atoms with E-state index in [1.165, 1.54) is 30.1 Å². The van der Waals surface area contributed by atoms with Gasteiger partial charge in [0.25, 0.3) is 0 Å². The fraction of sp³-hybridized carbons (Fsp3) is 0.333. The van der Waals surface area contributed by atoms with Gasteiger partial charge in [0.1, 0.15) is 12.6 Å². The molecule has 1 atom stereocenters. The molecule has 2 aromatic rings. The van der Waals surface area contributed by atoms with Gasteiger partial charge in [0.15, 0.2) is 0 Å². The van der Waals surface area contributed by atoms with Crippen molar-refractivity contribution >= 4 is 50.7 Å². The molecule has 2 rings (SSSR count). The van der Waals surface area contributed by atoms with Crippen molar-refractivity contribution in [3.05, 3.63) is 63.6 Å². The van der Waals surface area contributed by atoms with Gasteiger partial charge in [0.2, 0.25) is 21.8 Å². The van der Waals surface area contributed by atoms with Crippen LogP contribution in [0.25, 0.3) is 0 Å². The van der Waals surface area contributed by atoms with Crippen molar-refractivity contribution in [2.45, 2.75) is 26.4 Å². The number of anilines is 1. The number of nitrogens with one attached hydrogen (secondary N) is 1. The van der Waals surface area contributed by atoms with Crippen LogP contribution in [-0.4, -0.2) is 51.0 Å². The van der Waals surface area contributed by atoms with Crippen molar-refractivity contribution in [1.29, 1.82) is 0 Å². The van der Waals surface area contributed by atoms with Crippen LogP contribution >= 0.6 is 23.2 Å². The Morgan fingerprint density at radius 1 is 1.10 bits per heavy atom. The molecule has 0 aliphatic rings. The zero-order chi connectivity index (χ0) is 23.3. The van der Waals surface area contributed by atoms with Crippen molar-refractivity contribution in [1.82, 2.24) is 10.2 Å². The molecule has 2 aromatic carbocycles. The van der Waals surface area contributed by atoms with Crippen molar-refractivity contribution < 1.29 is 18.0 Å². The molecular weight excluding hydrogens is 461 g/mol. The van der Waals surface area contributed by atoms with Gasteiger partial charge in [0, 0.05) is 23.6 Å². The molecular formula is C21H25Cl2N3O4S. The second-order valence-electron chi connectivity index (χ2n) is 7.20. The van der Waals surface area contributed by atoms with E-state index >= 15 is 0 Å². The molecule has 1 N–H and O–H groups in total. The molecule has 0 aliphatic heterocycles. The number of aryl methyl sites for hydroxylation is 1. The lowest BCUT2D eigenvalue weighted by Crippen LogP contribution is -2.50. The van der Waals surface area contributed by atoms with Gasteiger partial charge >= 0.3 is 0 Å². The number of benzene rings is 2. The van der Waals surface area contributed by atoms with E-state index in [9.17, 15) is 18.0 Å². The minimum Gasteiger partial charge on any atom is -0.357 e. The highest BCUT2D eigenvalue weighted by atomic mass is 35.5. The predicted molar refractivity (Wildman–Crippen MR) is 124 cm³/mol. The molecule has 7 nitrogen and oxygen atoms in total. The van der Waals surface area contributed by atoms with Crippen LogP contribution in [0.15, 0.2) is 42.5 Å². The van der Waals surface area contributed by atoms with Crippen LogP contribution < -0.4 is 9.62 Å². The maximum atomic E-state index is 13.3. The van der Waals surface area contributed by atoms with Gasteiger partial charge in [-0.1, -0.05) is 53.0 Å². The van der Waals surface area contributed by atoms with Crippen molar-refractivity contribution in [3.8, 4) is 0 Å². The Kier molecular flexibility index (Phi) is 8.34. The Morgan fingerprint density at radius 2 is 1.71 bits per heavy atom. The highest BCUT2D eigenvalue weighted by Crippen LogP contribution is 2.27. The van der Waals surface area contributed by atoms with E-state index in [0.29, 0.717) is 0 Å². The summed E-state index contributed by atoms with van der Waals surface area (Å²) in [5, 5.41) is 3.00. The maximum absolute atomic E-state index is 13.3. The van der Waals surface area contributed by atoms with Crippen LogP contribution in [0, 0.1) is 6.92 Å². The summed E-state index contributed by atoms with van der Waals surface area (Å²) in [6.07, 6.45) is 0.988. The summed E-state index contributed by atoms with van der Waals surface area (Å²) in [7, 11) is -2.37. The van der Waals surface area contributed by atoms with E-state index in [4.69, 9.17) is 23.2 Å². The molecule has 2 amide bonds. The lowest BCUT2D eigenvalue weighted by molar-refractivity contribution is -0.139. The van der Waals surface area contributed by atoms with E-state index in [2.05, 4.69) is 5.32 Å². The van der Waals surface area contributed by atoms with E-state index in [1.807, 2.05) is 31.2 Å². The van der Waals surface area contributed by atoms with Gasteiger partial charge in [-0.3, -0.25) is 13.9 Å². The molecule has 10 heteroatoms. The third-order valence-electron chi connectivity index (χ3n) is 4.66. The molecule has 0 radical (unpaired) electrons. The summed E-state index contributed by atoms with van der Waals surface area (Å²) in [6.45, 7) is 3.14. The Balaban J connectivity index is 2.42. The molecule has 0 unspecified atom stereocenters. The predicted octanol–water partition coefficient (Wildman–Crippen LogP) is 3.23. The highest BCUT2D eigenvalue weighted by Gasteiger charge is 2.30. The third-order valence-corrected chi connectivity index (χ3v) is 6.24. The zero-order valence-corrected chi connectivity index (χ0v) is 20.1. The summed E-state index contributed by atoms with van der Waals surface area (Å²) in [5.41, 5.74) is 1.99. The number of nitrogens with zero attached hydrogens (tertiary/aromatic N) is 2. The number of carbonyl (C=O) groups excluding carboxylic acids is 2. The lowest BCUT2D eigenvalue weighted by Gasteiger charge is -2.31. The molecule has 31 heavy (non-hydrogen) atoms. The van der Waals surface area contributed by atoms with Crippen molar-refractivity contribution in [2.24, 2.45) is 0 Å². The molecule has 0 aromatic heterocycles. The van der Waals surface area contributed by atoms with Crippen LogP contribution in [0.4, 0.5) is 5.69 Å². The number of amides is 2. The van der Waals surface area contributed by atoms with Crippen LogP contribution in [0.1, 0.15) is 18.1 Å². The highest BCUT2D eigenvalue weighted by molar-refractivity contribution is 7.92. The van der Waals surface area contributed by atoms with Gasteiger partial charge in [-0.05, 0) is 37.6 Å². The van der Waals surface area contributed by atoms with E-state index < -0.39 is 28.5 Å². The van der Waals surface area contributed by atoms with Crippen LogP contribution in [-0.2, 0) is 26.2 Å². The lowest BCUT2D eigenvalue weighted by atomic mass is 10.1. The summed E-state index contributed by atoms with van der Waals surface area (Å²) < 4.78 is 25.9. The first-order valence-corrected chi connectivity index (χ1v) is 12.0. The number of halogens is 2. The maximum Gasteiger partial charge on any atom is 0.244 e. The average Bonchev–Trinajstić information content (AvgIpc) is 2.67. The topological polar surface area (TPSA) is 86.8 Å². The Morgan fingerprint density at radius 3 is 2.23 bits per heavy atom. The fourth-order valence-electron chi connectivity index (χ4n) is 3.10. The largest absolute Gasteiger partial charge is 0.357 e. The number of sulfonamides is 1.